The summed E-state index contributed by atoms with van der Waals surface area (Å²) in [4.78, 5) is 18.3. The highest BCUT2D eigenvalue weighted by Gasteiger charge is 2.18. The van der Waals surface area contributed by atoms with Gasteiger partial charge in [0.15, 0.2) is 0 Å². The minimum Gasteiger partial charge on any atom is -0.292 e. The Labute approximate surface area is 220 Å². The van der Waals surface area contributed by atoms with Gasteiger partial charge in [0, 0.05) is 29.2 Å². The second kappa shape index (κ2) is 11.3. The molecule has 2 aromatic carbocycles. The summed E-state index contributed by atoms with van der Waals surface area (Å²) in [6, 6.07) is 16.6. The Morgan fingerprint density at radius 1 is 0.947 bits per heavy atom. The summed E-state index contributed by atoms with van der Waals surface area (Å²) in [5.74, 6) is 0.110. The third kappa shape index (κ3) is 5.04. The quantitative estimate of drug-likeness (QED) is 0.272. The van der Waals surface area contributed by atoms with E-state index in [4.69, 9.17) is 0 Å². The molecule has 0 atom stereocenters. The van der Waals surface area contributed by atoms with Crippen molar-refractivity contribution in [2.75, 3.05) is 0 Å². The lowest BCUT2D eigenvalue weighted by Gasteiger charge is -2.10. The molecule has 0 saturated carbocycles. The van der Waals surface area contributed by atoms with E-state index in [0.717, 1.165) is 59.3 Å². The van der Waals surface area contributed by atoms with Crippen molar-refractivity contribution in [1.29, 1.82) is 0 Å². The summed E-state index contributed by atoms with van der Waals surface area (Å²) in [6.07, 6.45) is 7.82. The highest BCUT2D eigenvalue weighted by molar-refractivity contribution is 5.78. The van der Waals surface area contributed by atoms with Crippen LogP contribution in [0.3, 0.4) is 0 Å². The van der Waals surface area contributed by atoms with Crippen LogP contribution in [0.2, 0.25) is 0 Å². The van der Waals surface area contributed by atoms with Crippen LogP contribution in [0.15, 0.2) is 71.8 Å². The number of H-pyrrole nitrogens is 1. The number of aryl methyl sites for hydroxylation is 2. The maximum Gasteiger partial charge on any atom is 0.333 e. The number of benzene rings is 2. The molecule has 3 aromatic heterocycles. The van der Waals surface area contributed by atoms with Crippen molar-refractivity contribution < 1.29 is 4.39 Å². The van der Waals surface area contributed by atoms with Gasteiger partial charge in [-0.2, -0.15) is 5.21 Å². The van der Waals surface area contributed by atoms with E-state index in [1.165, 1.54) is 10.6 Å². The zero-order chi connectivity index (χ0) is 26.5. The third-order valence-corrected chi connectivity index (χ3v) is 6.63. The first-order chi connectivity index (χ1) is 18.6. The molecule has 0 aliphatic heterocycles. The molecule has 194 valence electrons. The van der Waals surface area contributed by atoms with Gasteiger partial charge in [-0.15, -0.1) is 10.2 Å². The Balaban J connectivity index is 1.50. The van der Waals surface area contributed by atoms with E-state index in [9.17, 15) is 4.79 Å². The monoisotopic (exact) mass is 511 g/mol. The Kier molecular flexibility index (Phi) is 7.53. The number of para-hydroxylation sites is 1. The number of hydrogen-bond donors (Lipinski definition) is 1. The van der Waals surface area contributed by atoms with E-state index in [1.54, 1.807) is 23.0 Å². The van der Waals surface area contributed by atoms with Crippen molar-refractivity contribution in [3.05, 3.63) is 100 Å². The Morgan fingerprint density at radius 2 is 1.79 bits per heavy atom. The largest absolute Gasteiger partial charge is 0.333 e. The second-order valence-corrected chi connectivity index (χ2v) is 9.29. The summed E-state index contributed by atoms with van der Waals surface area (Å²) in [5, 5.41) is 14.3. The minimum atomic E-state index is -0.386. The molecule has 0 fully saturated rings. The third-order valence-electron chi connectivity index (χ3n) is 6.63. The zero-order valence-electron chi connectivity index (χ0n) is 21.6. The van der Waals surface area contributed by atoms with Gasteiger partial charge in [-0.05, 0) is 47.7 Å². The van der Waals surface area contributed by atoms with E-state index in [0.29, 0.717) is 24.5 Å². The average Bonchev–Trinajstić information content (AvgIpc) is 3.58. The lowest BCUT2D eigenvalue weighted by Crippen LogP contribution is -2.26. The summed E-state index contributed by atoms with van der Waals surface area (Å²) < 4.78 is 18.2. The predicted molar refractivity (Wildman–Crippen MR) is 145 cm³/mol. The first kappa shape index (κ1) is 25.3. The number of nitrogens with zero attached hydrogens (tertiary/aromatic N) is 6. The van der Waals surface area contributed by atoms with Gasteiger partial charge < -0.3 is 0 Å². The number of tetrazole rings is 1. The molecule has 38 heavy (non-hydrogen) atoms. The molecule has 8 nitrogen and oxygen atoms in total. The molecule has 0 amide bonds. The number of aromatic nitrogens is 7. The topological polar surface area (TPSA) is 94.3 Å². The number of pyridine rings is 1. The zero-order valence-corrected chi connectivity index (χ0v) is 21.6. The molecule has 0 unspecified atom stereocenters. The molecule has 0 radical (unpaired) electrons. The highest BCUT2D eigenvalue weighted by Crippen LogP contribution is 2.28. The van der Waals surface area contributed by atoms with Crippen molar-refractivity contribution in [3.63, 3.8) is 0 Å². The van der Waals surface area contributed by atoms with Gasteiger partial charge in [0.1, 0.15) is 5.82 Å². The van der Waals surface area contributed by atoms with Crippen LogP contribution in [0, 0.1) is 5.82 Å². The van der Waals surface area contributed by atoms with Gasteiger partial charge in [0.25, 0.3) is 0 Å². The Bertz CT molecular complexity index is 1570. The molecule has 3 heterocycles. The first-order valence-corrected chi connectivity index (χ1v) is 13.0. The van der Waals surface area contributed by atoms with Gasteiger partial charge in [-0.25, -0.2) is 9.18 Å². The Hall–Kier alpha value is -4.40. The van der Waals surface area contributed by atoms with Gasteiger partial charge in [-0.3, -0.25) is 14.1 Å². The van der Waals surface area contributed by atoms with Crippen molar-refractivity contribution in [1.82, 2.24) is 34.7 Å². The fourth-order valence-corrected chi connectivity index (χ4v) is 4.75. The van der Waals surface area contributed by atoms with E-state index in [2.05, 4.69) is 32.5 Å². The van der Waals surface area contributed by atoms with Crippen LogP contribution in [0.4, 0.5) is 4.39 Å². The maximum atomic E-state index is 15.0. The molecule has 5 aromatic rings. The lowest BCUT2D eigenvalue weighted by molar-refractivity contribution is 0.609. The molecule has 0 saturated heterocycles. The number of imidazole rings is 1. The van der Waals surface area contributed by atoms with Crippen molar-refractivity contribution in [3.8, 4) is 28.3 Å². The maximum absolute atomic E-state index is 15.0. The SMILES string of the molecule is CCCCc1cn(-c2c(F)cccc2CCC)c(=O)n1Cc1ccc(-c2ccccc2-c2nn[nH]n2)nc1. The summed E-state index contributed by atoms with van der Waals surface area (Å²) in [5.41, 5.74) is 5.17. The molecule has 9 heteroatoms. The van der Waals surface area contributed by atoms with Crippen LogP contribution in [-0.2, 0) is 19.4 Å². The van der Waals surface area contributed by atoms with Crippen molar-refractivity contribution in [2.45, 2.75) is 52.5 Å². The molecule has 0 bridgehead atoms. The molecule has 5 rings (SSSR count). The van der Waals surface area contributed by atoms with Crippen LogP contribution in [0.25, 0.3) is 28.3 Å². The van der Waals surface area contributed by atoms with Crippen LogP contribution < -0.4 is 5.69 Å². The van der Waals surface area contributed by atoms with Crippen LogP contribution in [0.5, 0.6) is 0 Å². The molecular weight excluding hydrogens is 481 g/mol. The minimum absolute atomic E-state index is 0.245. The number of hydrogen-bond acceptors (Lipinski definition) is 5. The van der Waals surface area contributed by atoms with E-state index >= 15 is 4.39 Å². The summed E-state index contributed by atoms with van der Waals surface area (Å²) in [7, 11) is 0. The molecule has 0 aliphatic carbocycles. The number of rotatable bonds is 10. The fraction of sp³-hybridized carbons (Fsp3) is 0.276. The van der Waals surface area contributed by atoms with Gasteiger partial charge in [0.05, 0.1) is 17.9 Å². The first-order valence-electron chi connectivity index (χ1n) is 13.0. The number of unbranched alkanes of at least 4 members (excludes halogenated alkanes) is 1. The Morgan fingerprint density at radius 3 is 2.50 bits per heavy atom. The lowest BCUT2D eigenvalue weighted by atomic mass is 10.0. The summed E-state index contributed by atoms with van der Waals surface area (Å²) >= 11 is 0. The van der Waals surface area contributed by atoms with Crippen LogP contribution >= 0.6 is 0 Å². The molecular formula is C29H30FN7O. The summed E-state index contributed by atoms with van der Waals surface area (Å²) in [6.45, 7) is 4.51. The van der Waals surface area contributed by atoms with Gasteiger partial charge >= 0.3 is 5.69 Å². The normalized spacial score (nSPS) is 11.2. The number of aromatic amines is 1. The van der Waals surface area contributed by atoms with Gasteiger partial charge in [-0.1, -0.05) is 69.2 Å². The van der Waals surface area contributed by atoms with Crippen molar-refractivity contribution in [2.24, 2.45) is 0 Å². The van der Waals surface area contributed by atoms with Crippen LogP contribution in [0.1, 0.15) is 49.9 Å². The smallest absolute Gasteiger partial charge is 0.292 e. The van der Waals surface area contributed by atoms with E-state index in [-0.39, 0.29) is 11.5 Å². The predicted octanol–water partition coefficient (Wildman–Crippen LogP) is 5.36. The standard InChI is InChI=1S/C29H30FN7O/c1-3-5-11-22-19-37(27-21(9-4-2)10-8-14-25(27)30)29(38)36(22)18-20-15-16-26(31-17-20)23-12-6-7-13-24(23)28-32-34-35-33-28/h6-8,10,12-17,19H,3-5,9,11,18H2,1-2H3,(H,32,33,34,35). The fourth-order valence-electron chi connectivity index (χ4n) is 4.75. The van der Waals surface area contributed by atoms with E-state index in [1.807, 2.05) is 49.4 Å². The van der Waals surface area contributed by atoms with Crippen LogP contribution in [-0.4, -0.2) is 34.7 Å². The van der Waals surface area contributed by atoms with Gasteiger partial charge in [0.2, 0.25) is 5.82 Å². The highest BCUT2D eigenvalue weighted by atomic mass is 19.1. The number of nitrogens with one attached hydrogen (secondary N) is 1. The van der Waals surface area contributed by atoms with Crippen molar-refractivity contribution >= 4 is 0 Å². The average molecular weight is 512 g/mol. The second-order valence-electron chi connectivity index (χ2n) is 9.29. The molecule has 0 spiro atoms. The molecule has 0 aliphatic rings. The molecule has 1 N–H and O–H groups in total. The van der Waals surface area contributed by atoms with E-state index < -0.39 is 0 Å². The number of halogens is 1.